The minimum Gasteiger partial charge on any atom is -0.322 e. The van der Waals surface area contributed by atoms with E-state index in [-0.39, 0.29) is 5.56 Å². The first kappa shape index (κ1) is 7.56. The lowest BCUT2D eigenvalue weighted by Crippen LogP contribution is -2.01. The predicted molar refractivity (Wildman–Crippen MR) is 49.3 cm³/mol. The Morgan fingerprint density at radius 3 is 2.85 bits per heavy atom. The summed E-state index contributed by atoms with van der Waals surface area (Å²) in [5.41, 5.74) is 1.23. The Kier molecular flexibility index (Phi) is 1.60. The summed E-state index contributed by atoms with van der Waals surface area (Å²) in [6.45, 7) is 0. The van der Waals surface area contributed by atoms with Gasteiger partial charge in [-0.2, -0.15) is 5.26 Å². The second kappa shape index (κ2) is 2.76. The van der Waals surface area contributed by atoms with Crippen LogP contribution in [-0.2, 0) is 0 Å². The van der Waals surface area contributed by atoms with E-state index in [1.54, 1.807) is 24.3 Å². The Balaban J connectivity index is 2.82. The molecule has 0 saturated heterocycles. The Morgan fingerprint density at radius 1 is 1.23 bits per heavy atom. The summed E-state index contributed by atoms with van der Waals surface area (Å²) < 4.78 is 0. The topological polar surface area (TPSA) is 56.6 Å². The summed E-state index contributed by atoms with van der Waals surface area (Å²) in [6, 6.07) is 10.3. The predicted octanol–water partition coefficient (Wildman–Crippen LogP) is 1.40. The van der Waals surface area contributed by atoms with Crippen molar-refractivity contribution in [2.75, 3.05) is 0 Å². The quantitative estimate of drug-likeness (QED) is 0.649. The fourth-order valence-electron chi connectivity index (χ4n) is 1.22. The van der Waals surface area contributed by atoms with Gasteiger partial charge in [0.05, 0.1) is 11.6 Å². The Morgan fingerprint density at radius 2 is 2.08 bits per heavy atom. The molecule has 0 amide bonds. The van der Waals surface area contributed by atoms with Gasteiger partial charge in [-0.1, -0.05) is 0 Å². The highest BCUT2D eigenvalue weighted by Crippen LogP contribution is 2.10. The molecule has 1 aromatic carbocycles. The minimum atomic E-state index is -0.128. The third-order valence-electron chi connectivity index (χ3n) is 1.85. The number of aromatic nitrogens is 1. The smallest absolute Gasteiger partial charge is 0.248 e. The molecule has 0 aliphatic rings. The largest absolute Gasteiger partial charge is 0.322 e. The lowest BCUT2D eigenvalue weighted by molar-refractivity contribution is 1.30. The summed E-state index contributed by atoms with van der Waals surface area (Å²) >= 11 is 0. The summed E-state index contributed by atoms with van der Waals surface area (Å²) in [6.07, 6.45) is 0. The zero-order valence-corrected chi connectivity index (χ0v) is 6.74. The van der Waals surface area contributed by atoms with Crippen molar-refractivity contribution in [1.29, 1.82) is 5.26 Å². The van der Waals surface area contributed by atoms with Crippen molar-refractivity contribution in [3.8, 4) is 6.07 Å². The van der Waals surface area contributed by atoms with Crippen LogP contribution >= 0.6 is 0 Å². The first-order valence-corrected chi connectivity index (χ1v) is 3.83. The molecule has 0 radical (unpaired) electrons. The van der Waals surface area contributed by atoms with Crippen LogP contribution in [0.1, 0.15) is 5.56 Å². The zero-order chi connectivity index (χ0) is 9.26. The second-order valence-corrected chi connectivity index (χ2v) is 2.74. The molecule has 62 valence electrons. The third kappa shape index (κ3) is 1.30. The van der Waals surface area contributed by atoms with Crippen molar-refractivity contribution < 1.29 is 0 Å². The summed E-state index contributed by atoms with van der Waals surface area (Å²) in [5.74, 6) is 0. The van der Waals surface area contributed by atoms with E-state index in [0.717, 1.165) is 10.9 Å². The molecule has 1 N–H and O–H groups in total. The highest BCUT2D eigenvalue weighted by atomic mass is 16.1. The van der Waals surface area contributed by atoms with Gasteiger partial charge in [0, 0.05) is 11.6 Å². The van der Waals surface area contributed by atoms with Crippen LogP contribution in [0.2, 0.25) is 0 Å². The molecule has 0 aliphatic heterocycles. The molecule has 1 heterocycles. The van der Waals surface area contributed by atoms with Crippen LogP contribution in [0.5, 0.6) is 0 Å². The number of nitrogens with zero attached hydrogens (tertiary/aromatic N) is 1. The summed E-state index contributed by atoms with van der Waals surface area (Å²) in [4.78, 5) is 13.6. The van der Waals surface area contributed by atoms with Crippen LogP contribution in [0.15, 0.2) is 35.1 Å². The average Bonchev–Trinajstić information content (AvgIpc) is 2.17. The molecule has 2 rings (SSSR count). The number of pyridine rings is 1. The van der Waals surface area contributed by atoms with E-state index in [4.69, 9.17) is 5.26 Å². The van der Waals surface area contributed by atoms with Crippen molar-refractivity contribution in [2.24, 2.45) is 0 Å². The maximum Gasteiger partial charge on any atom is 0.248 e. The van der Waals surface area contributed by atoms with Gasteiger partial charge in [0.2, 0.25) is 5.56 Å². The van der Waals surface area contributed by atoms with Gasteiger partial charge in [0.15, 0.2) is 0 Å². The van der Waals surface area contributed by atoms with Crippen molar-refractivity contribution in [3.63, 3.8) is 0 Å². The molecule has 0 bridgehead atoms. The summed E-state index contributed by atoms with van der Waals surface area (Å²) in [5, 5.41) is 9.50. The first-order chi connectivity index (χ1) is 6.29. The van der Waals surface area contributed by atoms with E-state index in [1.165, 1.54) is 6.07 Å². The van der Waals surface area contributed by atoms with E-state index in [0.29, 0.717) is 5.56 Å². The molecular weight excluding hydrogens is 164 g/mol. The van der Waals surface area contributed by atoms with Crippen molar-refractivity contribution in [3.05, 3.63) is 46.2 Å². The minimum absolute atomic E-state index is 0.128. The van der Waals surface area contributed by atoms with E-state index in [2.05, 4.69) is 4.98 Å². The second-order valence-electron chi connectivity index (χ2n) is 2.74. The molecule has 1 aromatic heterocycles. The van der Waals surface area contributed by atoms with Crippen molar-refractivity contribution >= 4 is 10.9 Å². The van der Waals surface area contributed by atoms with E-state index < -0.39 is 0 Å². The summed E-state index contributed by atoms with van der Waals surface area (Å²) in [7, 11) is 0. The van der Waals surface area contributed by atoms with E-state index in [9.17, 15) is 4.79 Å². The molecule has 0 atom stereocenters. The molecular formula is C10H6N2O. The molecule has 13 heavy (non-hydrogen) atoms. The number of hydrogen-bond acceptors (Lipinski definition) is 2. The maximum atomic E-state index is 10.9. The van der Waals surface area contributed by atoms with E-state index >= 15 is 0 Å². The molecule has 3 heteroatoms. The molecule has 0 aliphatic carbocycles. The number of benzene rings is 1. The Hall–Kier alpha value is -2.08. The lowest BCUT2D eigenvalue weighted by atomic mass is 10.1. The molecule has 0 fully saturated rings. The average molecular weight is 170 g/mol. The number of aromatic amines is 1. The molecule has 3 nitrogen and oxygen atoms in total. The number of rotatable bonds is 0. The maximum absolute atomic E-state index is 10.9. The number of H-pyrrole nitrogens is 1. The first-order valence-electron chi connectivity index (χ1n) is 3.83. The molecule has 0 saturated carbocycles. The van der Waals surface area contributed by atoms with Crippen molar-refractivity contribution in [1.82, 2.24) is 4.98 Å². The van der Waals surface area contributed by atoms with Crippen LogP contribution in [0.4, 0.5) is 0 Å². The SMILES string of the molecule is N#Cc1ccc2[nH]c(=O)ccc2c1. The van der Waals surface area contributed by atoms with Crippen LogP contribution in [0.3, 0.4) is 0 Å². The Labute approximate surface area is 74.3 Å². The van der Waals surface area contributed by atoms with Crippen LogP contribution in [-0.4, -0.2) is 4.98 Å². The van der Waals surface area contributed by atoms with E-state index in [1.807, 2.05) is 6.07 Å². The number of nitrogens with one attached hydrogen (secondary N) is 1. The zero-order valence-electron chi connectivity index (χ0n) is 6.74. The van der Waals surface area contributed by atoms with Gasteiger partial charge in [-0.3, -0.25) is 4.79 Å². The van der Waals surface area contributed by atoms with Gasteiger partial charge in [-0.25, -0.2) is 0 Å². The molecule has 2 aromatic rings. The number of fused-ring (bicyclic) bond motifs is 1. The highest BCUT2D eigenvalue weighted by molar-refractivity contribution is 5.79. The molecule has 0 unspecified atom stereocenters. The van der Waals surface area contributed by atoms with Gasteiger partial charge in [0.25, 0.3) is 0 Å². The fraction of sp³-hybridized carbons (Fsp3) is 0. The number of hydrogen-bond donors (Lipinski definition) is 1. The van der Waals surface area contributed by atoms with Gasteiger partial charge >= 0.3 is 0 Å². The monoisotopic (exact) mass is 170 g/mol. The van der Waals surface area contributed by atoms with Gasteiger partial charge < -0.3 is 4.98 Å². The highest BCUT2D eigenvalue weighted by Gasteiger charge is 1.95. The van der Waals surface area contributed by atoms with Crippen LogP contribution in [0, 0.1) is 11.3 Å². The van der Waals surface area contributed by atoms with Crippen LogP contribution in [0.25, 0.3) is 10.9 Å². The van der Waals surface area contributed by atoms with Crippen LogP contribution < -0.4 is 5.56 Å². The van der Waals surface area contributed by atoms with Crippen molar-refractivity contribution in [2.45, 2.75) is 0 Å². The molecule has 0 spiro atoms. The van der Waals surface area contributed by atoms with Gasteiger partial charge in [-0.15, -0.1) is 0 Å². The standard InChI is InChI=1S/C10H6N2O/c11-6-7-1-3-9-8(5-7)2-4-10(13)12-9/h1-5H,(H,12,13). The van der Waals surface area contributed by atoms with Gasteiger partial charge in [0.1, 0.15) is 0 Å². The number of nitriles is 1. The fourth-order valence-corrected chi connectivity index (χ4v) is 1.22. The third-order valence-corrected chi connectivity index (χ3v) is 1.85. The lowest BCUT2D eigenvalue weighted by Gasteiger charge is -1.95. The Bertz CT molecular complexity index is 549. The van der Waals surface area contributed by atoms with Gasteiger partial charge in [-0.05, 0) is 29.7 Å². The normalized spacial score (nSPS) is 9.77.